The lowest BCUT2D eigenvalue weighted by Crippen LogP contribution is -2.30. The molecule has 0 unspecified atom stereocenters. The molecule has 67 heavy (non-hydrogen) atoms. The van der Waals surface area contributed by atoms with Gasteiger partial charge in [-0.15, -0.1) is 0 Å². The highest BCUT2D eigenvalue weighted by Gasteiger charge is 2.19. The molecule has 0 bridgehead atoms. The van der Waals surface area contributed by atoms with E-state index < -0.39 is 6.10 Å². The van der Waals surface area contributed by atoms with Crippen LogP contribution < -0.4 is 0 Å². The molecule has 0 saturated carbocycles. The maximum Gasteiger partial charge on any atom is 0.306 e. The number of hydrogen-bond donors (Lipinski definition) is 0. The van der Waals surface area contributed by atoms with Crippen molar-refractivity contribution in [3.8, 4) is 0 Å². The highest BCUT2D eigenvalue weighted by Crippen LogP contribution is 2.15. The van der Waals surface area contributed by atoms with Gasteiger partial charge in [-0.1, -0.05) is 241 Å². The number of hydrogen-bond acceptors (Lipinski definition) is 6. The lowest BCUT2D eigenvalue weighted by atomic mass is 10.0. The van der Waals surface area contributed by atoms with Crippen LogP contribution in [0.4, 0.5) is 0 Å². The molecule has 6 heteroatoms. The van der Waals surface area contributed by atoms with Crippen LogP contribution in [-0.2, 0) is 28.6 Å². The maximum absolute atomic E-state index is 12.8. The molecule has 0 aromatic rings. The van der Waals surface area contributed by atoms with Crippen molar-refractivity contribution < 1.29 is 28.6 Å². The van der Waals surface area contributed by atoms with Crippen molar-refractivity contribution in [1.29, 1.82) is 0 Å². The van der Waals surface area contributed by atoms with Crippen LogP contribution in [0, 0.1) is 0 Å². The molecule has 0 aliphatic carbocycles. The zero-order valence-electron chi connectivity index (χ0n) is 44.2. The summed E-state index contributed by atoms with van der Waals surface area (Å²) in [5.74, 6) is -0.915. The first-order chi connectivity index (χ1) is 33.0. The van der Waals surface area contributed by atoms with Crippen molar-refractivity contribution in [2.45, 2.75) is 284 Å². The molecule has 0 aliphatic heterocycles. The van der Waals surface area contributed by atoms with E-state index in [2.05, 4.69) is 93.7 Å². The Hall–Kier alpha value is -3.15. The van der Waals surface area contributed by atoms with E-state index in [0.29, 0.717) is 19.3 Å². The van der Waals surface area contributed by atoms with Crippen LogP contribution in [0.2, 0.25) is 0 Å². The minimum absolute atomic E-state index is 0.0862. The van der Waals surface area contributed by atoms with Crippen LogP contribution in [0.15, 0.2) is 72.9 Å². The monoisotopic (exact) mass is 935 g/mol. The van der Waals surface area contributed by atoms with Crippen molar-refractivity contribution in [2.24, 2.45) is 0 Å². The summed E-state index contributed by atoms with van der Waals surface area (Å²) in [6.45, 7) is 6.51. The van der Waals surface area contributed by atoms with Gasteiger partial charge in [0, 0.05) is 19.3 Å². The van der Waals surface area contributed by atoms with Gasteiger partial charge in [0.25, 0.3) is 0 Å². The molecule has 0 aromatic carbocycles. The van der Waals surface area contributed by atoms with E-state index in [1.165, 1.54) is 141 Å². The second kappa shape index (κ2) is 55.4. The van der Waals surface area contributed by atoms with Gasteiger partial charge in [-0.3, -0.25) is 14.4 Å². The lowest BCUT2D eigenvalue weighted by Gasteiger charge is -2.18. The first kappa shape index (κ1) is 63.8. The molecular weight excluding hydrogens is 829 g/mol. The number of carbonyl (C=O) groups is 3. The van der Waals surface area contributed by atoms with Gasteiger partial charge in [-0.05, 0) is 89.9 Å². The van der Waals surface area contributed by atoms with Gasteiger partial charge >= 0.3 is 17.9 Å². The summed E-state index contributed by atoms with van der Waals surface area (Å²) in [5.41, 5.74) is 0. The van der Waals surface area contributed by atoms with Gasteiger partial charge in [0.15, 0.2) is 6.10 Å². The van der Waals surface area contributed by atoms with Crippen LogP contribution in [0.5, 0.6) is 0 Å². The molecule has 0 spiro atoms. The molecule has 0 amide bonds. The normalized spacial score (nSPS) is 12.6. The van der Waals surface area contributed by atoms with E-state index in [0.717, 1.165) is 96.3 Å². The Balaban J connectivity index is 4.41. The molecular formula is C61H106O6. The van der Waals surface area contributed by atoms with E-state index in [4.69, 9.17) is 14.2 Å². The average molecular weight is 936 g/mol. The summed E-state index contributed by atoms with van der Waals surface area (Å²) < 4.78 is 16.8. The van der Waals surface area contributed by atoms with Crippen LogP contribution >= 0.6 is 0 Å². The van der Waals surface area contributed by atoms with Gasteiger partial charge in [0.1, 0.15) is 13.2 Å². The molecule has 0 fully saturated rings. The van der Waals surface area contributed by atoms with Crippen LogP contribution in [-0.4, -0.2) is 37.2 Å². The fourth-order valence-corrected chi connectivity index (χ4v) is 7.93. The molecule has 0 rings (SSSR count). The summed E-state index contributed by atoms with van der Waals surface area (Å²) in [7, 11) is 0. The average Bonchev–Trinajstić information content (AvgIpc) is 3.33. The third kappa shape index (κ3) is 53.7. The van der Waals surface area contributed by atoms with Crippen LogP contribution in [0.3, 0.4) is 0 Å². The number of carbonyl (C=O) groups excluding carboxylic acids is 3. The van der Waals surface area contributed by atoms with Crippen molar-refractivity contribution in [3.05, 3.63) is 72.9 Å². The Kier molecular flexibility index (Phi) is 52.8. The smallest absolute Gasteiger partial charge is 0.306 e. The predicted molar refractivity (Wildman–Crippen MR) is 288 cm³/mol. The number of unbranched alkanes of at least 4 members (excludes halogenated alkanes) is 28. The Morgan fingerprint density at radius 2 is 0.582 bits per heavy atom. The number of ether oxygens (including phenoxy) is 3. The Morgan fingerprint density at radius 1 is 0.313 bits per heavy atom. The number of esters is 3. The highest BCUT2D eigenvalue weighted by molar-refractivity contribution is 5.71. The third-order valence-electron chi connectivity index (χ3n) is 12.2. The van der Waals surface area contributed by atoms with E-state index >= 15 is 0 Å². The van der Waals surface area contributed by atoms with Gasteiger partial charge in [-0.25, -0.2) is 0 Å². The second-order valence-electron chi connectivity index (χ2n) is 18.8. The Morgan fingerprint density at radius 3 is 0.940 bits per heavy atom. The van der Waals surface area contributed by atoms with Crippen molar-refractivity contribution in [1.82, 2.24) is 0 Å². The topological polar surface area (TPSA) is 78.9 Å². The molecule has 0 aromatic heterocycles. The molecule has 0 N–H and O–H groups in total. The molecule has 0 saturated heterocycles. The van der Waals surface area contributed by atoms with Gasteiger partial charge in [-0.2, -0.15) is 0 Å². The highest BCUT2D eigenvalue weighted by atomic mass is 16.6. The van der Waals surface area contributed by atoms with E-state index in [-0.39, 0.29) is 31.1 Å². The van der Waals surface area contributed by atoms with Crippen molar-refractivity contribution in [2.75, 3.05) is 13.2 Å². The first-order valence-electron chi connectivity index (χ1n) is 28.4. The minimum atomic E-state index is -0.789. The van der Waals surface area contributed by atoms with Crippen LogP contribution in [0.1, 0.15) is 278 Å². The molecule has 386 valence electrons. The van der Waals surface area contributed by atoms with Gasteiger partial charge in [0.05, 0.1) is 0 Å². The SMILES string of the molecule is CC/C=C\C/C=C\C/C=C\C/C=C\C/C=C\CCCCCC(=O)OC[C@H](COC(=O)CCCCCCCCC/C=C\CCCCCCCC)OC(=O)CCCCCCCCCCCCCCC. The van der Waals surface area contributed by atoms with Crippen LogP contribution in [0.25, 0.3) is 0 Å². The molecule has 0 heterocycles. The third-order valence-corrected chi connectivity index (χ3v) is 12.2. The summed E-state index contributed by atoms with van der Waals surface area (Å²) >= 11 is 0. The zero-order chi connectivity index (χ0) is 48.6. The van der Waals surface area contributed by atoms with Crippen molar-refractivity contribution >= 4 is 17.9 Å². The fraction of sp³-hybridized carbons (Fsp3) is 0.754. The standard InChI is InChI=1S/C61H106O6/c1-4-7-10-13-16-19-22-25-27-29-30-32-34-37-39-42-45-48-51-54-60(63)66-57-58(67-61(64)55-52-49-46-43-40-35-24-21-18-15-12-9-6-3)56-65-59(62)53-50-47-44-41-38-36-33-31-28-26-23-20-17-14-11-8-5-2/h7,10,16,19,25-28,30,32,37,39,58H,4-6,8-9,11-15,17-18,20-24,29,31,33-36,38,40-57H2,1-3H3/b10-7-,19-16-,27-25-,28-26-,32-30-,39-37-/t58-/m0/s1. The summed E-state index contributed by atoms with van der Waals surface area (Å²) in [6.07, 6.45) is 70.3. The predicted octanol–water partition coefficient (Wildman–Crippen LogP) is 19.0. The zero-order valence-corrected chi connectivity index (χ0v) is 44.2. The second-order valence-corrected chi connectivity index (χ2v) is 18.8. The first-order valence-corrected chi connectivity index (χ1v) is 28.4. The van der Waals surface area contributed by atoms with E-state index in [9.17, 15) is 14.4 Å². The summed E-state index contributed by atoms with van der Waals surface area (Å²) in [6, 6.07) is 0. The van der Waals surface area contributed by atoms with E-state index in [1.807, 2.05) is 0 Å². The molecule has 0 radical (unpaired) electrons. The van der Waals surface area contributed by atoms with Gasteiger partial charge < -0.3 is 14.2 Å². The number of rotatable bonds is 51. The molecule has 1 atom stereocenters. The summed E-state index contributed by atoms with van der Waals surface area (Å²) in [5, 5.41) is 0. The number of allylic oxidation sites excluding steroid dienone is 12. The molecule has 6 nitrogen and oxygen atoms in total. The molecule has 0 aliphatic rings. The largest absolute Gasteiger partial charge is 0.462 e. The minimum Gasteiger partial charge on any atom is -0.462 e. The Labute approximate surface area is 414 Å². The Bertz CT molecular complexity index is 1260. The van der Waals surface area contributed by atoms with Gasteiger partial charge in [0.2, 0.25) is 0 Å². The quantitative estimate of drug-likeness (QED) is 0.0262. The van der Waals surface area contributed by atoms with E-state index in [1.54, 1.807) is 0 Å². The fourth-order valence-electron chi connectivity index (χ4n) is 7.93. The summed E-state index contributed by atoms with van der Waals surface area (Å²) in [4.78, 5) is 38.1. The van der Waals surface area contributed by atoms with Crippen molar-refractivity contribution in [3.63, 3.8) is 0 Å². The lowest BCUT2D eigenvalue weighted by molar-refractivity contribution is -0.167. The maximum atomic E-state index is 12.8.